The number of hydrogen-bond acceptors (Lipinski definition) is 3. The first kappa shape index (κ1) is 37.4. The van der Waals surface area contributed by atoms with E-state index in [9.17, 15) is 0 Å². The highest BCUT2D eigenvalue weighted by molar-refractivity contribution is 6.06. The number of para-hydroxylation sites is 1. The molecule has 0 bridgehead atoms. The van der Waals surface area contributed by atoms with Gasteiger partial charge in [-0.25, -0.2) is 9.97 Å². The summed E-state index contributed by atoms with van der Waals surface area (Å²) in [4.78, 5) is 10.9. The molecule has 13 rings (SSSR count). The third kappa shape index (κ3) is 5.62. The summed E-state index contributed by atoms with van der Waals surface area (Å²) in [6.07, 6.45) is 0. The highest BCUT2D eigenvalue weighted by Crippen LogP contribution is 2.57. The number of nitrogens with zero attached hydrogens (tertiary/aromatic N) is 2. The van der Waals surface area contributed by atoms with Crippen LogP contribution in [0.1, 0.15) is 47.2 Å². The molecule has 2 aromatic heterocycles. The van der Waals surface area contributed by atoms with Gasteiger partial charge in [0.05, 0.1) is 16.8 Å². The number of furan rings is 1. The maximum atomic E-state index is 6.27. The van der Waals surface area contributed by atoms with Gasteiger partial charge in [-0.2, -0.15) is 0 Å². The zero-order valence-corrected chi connectivity index (χ0v) is 36.1. The Labute approximate surface area is 378 Å². The van der Waals surface area contributed by atoms with E-state index in [1.54, 1.807) is 0 Å². The van der Waals surface area contributed by atoms with E-state index in [1.165, 1.54) is 55.6 Å². The lowest BCUT2D eigenvalue weighted by molar-refractivity contribution is 0.660. The molecule has 0 saturated carbocycles. The molecule has 65 heavy (non-hydrogen) atoms. The summed E-state index contributed by atoms with van der Waals surface area (Å²) in [6.45, 7) is 4.64. The van der Waals surface area contributed by atoms with Crippen molar-refractivity contribution in [3.05, 3.63) is 252 Å². The molecule has 2 heterocycles. The Morgan fingerprint density at radius 1 is 0.338 bits per heavy atom. The van der Waals surface area contributed by atoms with Crippen LogP contribution in [0.15, 0.2) is 223 Å². The van der Waals surface area contributed by atoms with Crippen molar-refractivity contribution >= 4 is 21.9 Å². The lowest BCUT2D eigenvalue weighted by Gasteiger charge is -2.34. The van der Waals surface area contributed by atoms with Gasteiger partial charge in [-0.3, -0.25) is 0 Å². The Kier molecular flexibility index (Phi) is 8.17. The van der Waals surface area contributed by atoms with E-state index in [0.29, 0.717) is 5.82 Å². The number of fused-ring (bicyclic) bond motifs is 9. The lowest BCUT2D eigenvalue weighted by Crippen LogP contribution is -2.28. The topological polar surface area (TPSA) is 38.9 Å². The standard InChI is InChI=1S/C62H42N2O/c1-61(2)52-22-12-9-20-47(52)51-35-43(31-34-53(51)61)60-63-56(40-27-25-39(26-28-40)41-29-33-50-49-21-11-14-24-58(49)65-59(50)37-41)38-57(64-60)42-30-32-48-46-19-10-13-23-54(46)62(55(48)36-42,44-15-5-3-6-16-44)45-17-7-4-8-18-45/h3-38H,1-2H3. The second-order valence-electron chi connectivity index (χ2n) is 18.1. The molecule has 11 aromatic rings. The summed E-state index contributed by atoms with van der Waals surface area (Å²) in [5, 5.41) is 2.26. The molecular formula is C62H42N2O. The molecule has 0 spiro atoms. The van der Waals surface area contributed by atoms with Gasteiger partial charge in [-0.1, -0.05) is 196 Å². The monoisotopic (exact) mass is 830 g/mol. The van der Waals surface area contributed by atoms with Crippen molar-refractivity contribution in [3.8, 4) is 67.3 Å². The lowest BCUT2D eigenvalue weighted by atomic mass is 9.67. The van der Waals surface area contributed by atoms with Crippen LogP contribution < -0.4 is 0 Å². The molecule has 0 N–H and O–H groups in total. The molecular weight excluding hydrogens is 789 g/mol. The van der Waals surface area contributed by atoms with Crippen LogP contribution in [0, 0.1) is 0 Å². The van der Waals surface area contributed by atoms with E-state index in [-0.39, 0.29) is 5.41 Å². The van der Waals surface area contributed by atoms with Crippen LogP contribution in [0.2, 0.25) is 0 Å². The smallest absolute Gasteiger partial charge is 0.160 e. The van der Waals surface area contributed by atoms with Crippen LogP contribution in [-0.2, 0) is 10.8 Å². The van der Waals surface area contributed by atoms with E-state index in [0.717, 1.165) is 61.1 Å². The summed E-state index contributed by atoms with van der Waals surface area (Å²) >= 11 is 0. The minimum absolute atomic E-state index is 0.0962. The van der Waals surface area contributed by atoms with Crippen LogP contribution in [0.5, 0.6) is 0 Å². The summed E-state index contributed by atoms with van der Waals surface area (Å²) in [7, 11) is 0. The minimum Gasteiger partial charge on any atom is -0.456 e. The molecule has 3 heteroatoms. The second kappa shape index (κ2) is 14.2. The predicted molar refractivity (Wildman–Crippen MR) is 266 cm³/mol. The molecule has 3 nitrogen and oxygen atoms in total. The molecule has 0 radical (unpaired) electrons. The van der Waals surface area contributed by atoms with Crippen LogP contribution in [0.25, 0.3) is 89.2 Å². The summed E-state index contributed by atoms with van der Waals surface area (Å²) < 4.78 is 6.27. The van der Waals surface area contributed by atoms with Gasteiger partial charge in [0.2, 0.25) is 0 Å². The van der Waals surface area contributed by atoms with Crippen molar-refractivity contribution in [2.24, 2.45) is 0 Å². The maximum absolute atomic E-state index is 6.27. The molecule has 0 saturated heterocycles. The van der Waals surface area contributed by atoms with Crippen LogP contribution >= 0.6 is 0 Å². The quantitative estimate of drug-likeness (QED) is 0.168. The fourth-order valence-corrected chi connectivity index (χ4v) is 11.1. The van der Waals surface area contributed by atoms with E-state index in [4.69, 9.17) is 14.4 Å². The Morgan fingerprint density at radius 2 is 0.877 bits per heavy atom. The Bertz CT molecular complexity index is 3640. The fraction of sp³-hybridized carbons (Fsp3) is 0.0645. The first-order valence-corrected chi connectivity index (χ1v) is 22.5. The van der Waals surface area contributed by atoms with Gasteiger partial charge >= 0.3 is 0 Å². The van der Waals surface area contributed by atoms with Crippen molar-refractivity contribution in [2.75, 3.05) is 0 Å². The average Bonchev–Trinajstić information content (AvgIpc) is 3.97. The Balaban J connectivity index is 0.987. The fourth-order valence-electron chi connectivity index (χ4n) is 11.1. The summed E-state index contributed by atoms with van der Waals surface area (Å²) in [6, 6.07) is 79.1. The van der Waals surface area contributed by atoms with E-state index in [1.807, 2.05) is 12.1 Å². The molecule has 2 aliphatic rings. The van der Waals surface area contributed by atoms with Gasteiger partial charge in [-0.15, -0.1) is 0 Å². The molecule has 2 aliphatic carbocycles. The van der Waals surface area contributed by atoms with Crippen molar-refractivity contribution < 1.29 is 4.42 Å². The number of rotatable bonds is 6. The SMILES string of the molecule is CC1(C)c2ccccc2-c2cc(-c3nc(-c4ccc(-c5ccc6c(c5)oc5ccccc56)cc4)cc(-c4ccc5c(c4)C(c4ccccc4)(c4ccccc4)c4ccccc4-5)n3)ccc21. The molecule has 0 aliphatic heterocycles. The zero-order chi connectivity index (χ0) is 43.3. The van der Waals surface area contributed by atoms with Crippen molar-refractivity contribution in [3.63, 3.8) is 0 Å². The van der Waals surface area contributed by atoms with Crippen LogP contribution in [-0.4, -0.2) is 9.97 Å². The normalized spacial score (nSPS) is 13.9. The Morgan fingerprint density at radius 3 is 1.63 bits per heavy atom. The first-order valence-electron chi connectivity index (χ1n) is 22.5. The second-order valence-corrected chi connectivity index (χ2v) is 18.1. The highest BCUT2D eigenvalue weighted by Gasteiger charge is 2.46. The number of benzene rings is 9. The molecule has 306 valence electrons. The molecule has 0 unspecified atom stereocenters. The number of aromatic nitrogens is 2. The first-order chi connectivity index (χ1) is 31.9. The summed E-state index contributed by atoms with van der Waals surface area (Å²) in [5.74, 6) is 0.697. The summed E-state index contributed by atoms with van der Waals surface area (Å²) in [5.41, 5.74) is 20.9. The van der Waals surface area contributed by atoms with Crippen molar-refractivity contribution in [1.82, 2.24) is 9.97 Å². The Hall–Kier alpha value is -8.14. The van der Waals surface area contributed by atoms with E-state index < -0.39 is 5.41 Å². The molecule has 0 atom stereocenters. The van der Waals surface area contributed by atoms with Gasteiger partial charge in [0.1, 0.15) is 11.2 Å². The van der Waals surface area contributed by atoms with Gasteiger partial charge in [-0.05, 0) is 103 Å². The van der Waals surface area contributed by atoms with Crippen LogP contribution in [0.3, 0.4) is 0 Å². The van der Waals surface area contributed by atoms with E-state index >= 15 is 0 Å². The van der Waals surface area contributed by atoms with Gasteiger partial charge in [0.15, 0.2) is 5.82 Å². The molecule has 0 amide bonds. The number of hydrogen-bond donors (Lipinski definition) is 0. The van der Waals surface area contributed by atoms with Gasteiger partial charge in [0, 0.05) is 32.9 Å². The van der Waals surface area contributed by atoms with Crippen LogP contribution in [0.4, 0.5) is 0 Å². The van der Waals surface area contributed by atoms with Gasteiger partial charge in [0.25, 0.3) is 0 Å². The van der Waals surface area contributed by atoms with Crippen molar-refractivity contribution in [1.29, 1.82) is 0 Å². The highest BCUT2D eigenvalue weighted by atomic mass is 16.3. The minimum atomic E-state index is -0.523. The predicted octanol–water partition coefficient (Wildman–Crippen LogP) is 15.7. The maximum Gasteiger partial charge on any atom is 0.160 e. The largest absolute Gasteiger partial charge is 0.456 e. The van der Waals surface area contributed by atoms with E-state index in [2.05, 4.69) is 220 Å². The third-order valence-corrected chi connectivity index (χ3v) is 14.2. The zero-order valence-electron chi connectivity index (χ0n) is 36.1. The third-order valence-electron chi connectivity index (χ3n) is 14.2. The molecule has 0 fully saturated rings. The van der Waals surface area contributed by atoms with Gasteiger partial charge < -0.3 is 4.42 Å². The average molecular weight is 831 g/mol. The molecule has 9 aromatic carbocycles. The van der Waals surface area contributed by atoms with Crippen molar-refractivity contribution in [2.45, 2.75) is 24.7 Å².